The highest BCUT2D eigenvalue weighted by Crippen LogP contribution is 2.20. The number of carbonyl (C=O) groups is 2. The van der Waals surface area contributed by atoms with Crippen LogP contribution in [-0.4, -0.2) is 27.6 Å². The molecule has 2 unspecified atom stereocenters. The van der Waals surface area contributed by atoms with Crippen molar-refractivity contribution in [3.05, 3.63) is 30.0 Å². The van der Waals surface area contributed by atoms with Crippen molar-refractivity contribution >= 4 is 22.7 Å². The number of amides is 2. The van der Waals surface area contributed by atoms with Gasteiger partial charge in [0, 0.05) is 11.9 Å². The number of unbranched alkanes of at least 4 members (excludes halogenated alkanes) is 2. The Morgan fingerprint density at radius 2 is 1.96 bits per heavy atom. The van der Waals surface area contributed by atoms with E-state index in [0.717, 1.165) is 43.1 Å². The van der Waals surface area contributed by atoms with E-state index < -0.39 is 11.9 Å². The minimum atomic E-state index is -0.693. The molecule has 0 saturated heterocycles. The zero-order valence-corrected chi connectivity index (χ0v) is 15.3. The Morgan fingerprint density at radius 1 is 1.24 bits per heavy atom. The SMILES string of the molecule is CCCCCn1nc(C(=O)NC(C(N)=O)C(C)CC)c2ccccc21. The van der Waals surface area contributed by atoms with Crippen LogP contribution in [0.5, 0.6) is 0 Å². The fraction of sp³-hybridized carbons (Fsp3) is 0.526. The zero-order chi connectivity index (χ0) is 18.4. The molecule has 3 N–H and O–H groups in total. The number of benzene rings is 1. The lowest BCUT2D eigenvalue weighted by atomic mass is 9.98. The van der Waals surface area contributed by atoms with Crippen LogP contribution < -0.4 is 11.1 Å². The van der Waals surface area contributed by atoms with Gasteiger partial charge in [0.1, 0.15) is 6.04 Å². The molecule has 0 bridgehead atoms. The van der Waals surface area contributed by atoms with Crippen molar-refractivity contribution in [2.45, 2.75) is 59.0 Å². The first-order valence-corrected chi connectivity index (χ1v) is 9.05. The number of fused-ring (bicyclic) bond motifs is 1. The van der Waals surface area contributed by atoms with E-state index in [2.05, 4.69) is 17.3 Å². The summed E-state index contributed by atoms with van der Waals surface area (Å²) in [6.07, 6.45) is 4.01. The average Bonchev–Trinajstić information content (AvgIpc) is 2.98. The van der Waals surface area contributed by atoms with Gasteiger partial charge in [0.05, 0.1) is 5.52 Å². The normalized spacial score (nSPS) is 13.6. The van der Waals surface area contributed by atoms with Crippen molar-refractivity contribution in [3.63, 3.8) is 0 Å². The van der Waals surface area contributed by atoms with Crippen LogP contribution in [-0.2, 0) is 11.3 Å². The molecule has 6 heteroatoms. The zero-order valence-electron chi connectivity index (χ0n) is 15.3. The number of hydrogen-bond donors (Lipinski definition) is 2. The van der Waals surface area contributed by atoms with Crippen molar-refractivity contribution < 1.29 is 9.59 Å². The van der Waals surface area contributed by atoms with Crippen LogP contribution in [0.4, 0.5) is 0 Å². The van der Waals surface area contributed by atoms with Crippen molar-refractivity contribution in [2.75, 3.05) is 0 Å². The van der Waals surface area contributed by atoms with Gasteiger partial charge in [0.25, 0.3) is 5.91 Å². The summed E-state index contributed by atoms with van der Waals surface area (Å²) in [5.41, 5.74) is 6.74. The van der Waals surface area contributed by atoms with Gasteiger partial charge in [-0.15, -0.1) is 0 Å². The molecule has 0 radical (unpaired) electrons. The number of para-hydroxylation sites is 1. The first-order valence-electron chi connectivity index (χ1n) is 9.05. The van der Waals surface area contributed by atoms with E-state index in [1.54, 1.807) is 0 Å². The van der Waals surface area contributed by atoms with Gasteiger partial charge in [-0.05, 0) is 18.4 Å². The lowest BCUT2D eigenvalue weighted by Crippen LogP contribution is -2.48. The lowest BCUT2D eigenvalue weighted by molar-refractivity contribution is -0.120. The van der Waals surface area contributed by atoms with Crippen molar-refractivity contribution in [3.8, 4) is 0 Å². The minimum absolute atomic E-state index is 0.0284. The van der Waals surface area contributed by atoms with Crippen LogP contribution in [0.1, 0.15) is 56.9 Å². The molecule has 2 amide bonds. The van der Waals surface area contributed by atoms with Crippen LogP contribution in [0.25, 0.3) is 10.9 Å². The topological polar surface area (TPSA) is 90.0 Å². The number of nitrogens with two attached hydrogens (primary N) is 1. The molecule has 1 heterocycles. The van der Waals surface area contributed by atoms with E-state index >= 15 is 0 Å². The van der Waals surface area contributed by atoms with E-state index in [1.807, 2.05) is 42.8 Å². The highest BCUT2D eigenvalue weighted by molar-refractivity contribution is 6.06. The third-order valence-electron chi connectivity index (χ3n) is 4.65. The molecule has 0 saturated carbocycles. The maximum absolute atomic E-state index is 12.7. The first-order chi connectivity index (χ1) is 12.0. The summed E-state index contributed by atoms with van der Waals surface area (Å²) in [4.78, 5) is 24.4. The smallest absolute Gasteiger partial charge is 0.273 e. The largest absolute Gasteiger partial charge is 0.368 e. The molecule has 1 aromatic heterocycles. The molecule has 1 aromatic carbocycles. The predicted molar refractivity (Wildman–Crippen MR) is 99.2 cm³/mol. The maximum atomic E-state index is 12.7. The molecule has 0 spiro atoms. The Kier molecular flexibility index (Phi) is 6.56. The number of hydrogen-bond acceptors (Lipinski definition) is 3. The second-order valence-electron chi connectivity index (χ2n) is 6.54. The van der Waals surface area contributed by atoms with Gasteiger partial charge >= 0.3 is 0 Å². The van der Waals surface area contributed by atoms with Gasteiger partial charge in [0.15, 0.2) is 5.69 Å². The number of nitrogens with one attached hydrogen (secondary N) is 1. The van der Waals surface area contributed by atoms with Gasteiger partial charge in [-0.2, -0.15) is 5.10 Å². The van der Waals surface area contributed by atoms with Crippen LogP contribution in [0.15, 0.2) is 24.3 Å². The molecule has 25 heavy (non-hydrogen) atoms. The fourth-order valence-electron chi connectivity index (χ4n) is 2.92. The Balaban J connectivity index is 2.29. The Morgan fingerprint density at radius 3 is 2.60 bits per heavy atom. The van der Waals surface area contributed by atoms with Gasteiger partial charge in [-0.1, -0.05) is 58.2 Å². The molecule has 2 aromatic rings. The van der Waals surface area contributed by atoms with Gasteiger partial charge in [-0.3, -0.25) is 14.3 Å². The standard InChI is InChI=1S/C19H28N4O2/c1-4-6-9-12-23-15-11-8-7-10-14(15)17(22-23)19(25)21-16(18(20)24)13(3)5-2/h7-8,10-11,13,16H,4-6,9,12H2,1-3H3,(H2,20,24)(H,21,25). The lowest BCUT2D eigenvalue weighted by Gasteiger charge is -2.20. The third-order valence-corrected chi connectivity index (χ3v) is 4.65. The maximum Gasteiger partial charge on any atom is 0.273 e. The number of nitrogens with zero attached hydrogens (tertiary/aromatic N) is 2. The molecule has 2 atom stereocenters. The van der Waals surface area contributed by atoms with Crippen molar-refractivity contribution in [1.29, 1.82) is 0 Å². The van der Waals surface area contributed by atoms with Gasteiger partial charge in [-0.25, -0.2) is 0 Å². The quantitative estimate of drug-likeness (QED) is 0.685. The molecule has 6 nitrogen and oxygen atoms in total. The van der Waals surface area contributed by atoms with Crippen LogP contribution in [0.2, 0.25) is 0 Å². The fourth-order valence-corrected chi connectivity index (χ4v) is 2.92. The van der Waals surface area contributed by atoms with E-state index in [9.17, 15) is 9.59 Å². The van der Waals surface area contributed by atoms with Gasteiger partial charge < -0.3 is 11.1 Å². The summed E-state index contributed by atoms with van der Waals surface area (Å²) in [6, 6.07) is 6.98. The number of primary amides is 1. The van der Waals surface area contributed by atoms with E-state index in [1.165, 1.54) is 0 Å². The summed E-state index contributed by atoms with van der Waals surface area (Å²) in [5, 5.41) is 8.07. The molecule has 0 fully saturated rings. The van der Waals surface area contributed by atoms with Crippen LogP contribution >= 0.6 is 0 Å². The van der Waals surface area contributed by atoms with Crippen LogP contribution in [0.3, 0.4) is 0 Å². The number of aromatic nitrogens is 2. The van der Waals surface area contributed by atoms with E-state index in [0.29, 0.717) is 5.69 Å². The second kappa shape index (κ2) is 8.65. The number of aryl methyl sites for hydroxylation is 1. The monoisotopic (exact) mass is 344 g/mol. The average molecular weight is 344 g/mol. The Bertz CT molecular complexity index is 738. The van der Waals surface area contributed by atoms with Gasteiger partial charge in [0.2, 0.25) is 5.91 Å². The summed E-state index contributed by atoms with van der Waals surface area (Å²) in [7, 11) is 0. The van der Waals surface area contributed by atoms with Crippen LogP contribution in [0, 0.1) is 5.92 Å². The molecule has 2 rings (SSSR count). The summed E-state index contributed by atoms with van der Waals surface area (Å²) >= 11 is 0. The summed E-state index contributed by atoms with van der Waals surface area (Å²) < 4.78 is 1.88. The highest BCUT2D eigenvalue weighted by atomic mass is 16.2. The molecule has 136 valence electrons. The first kappa shape index (κ1) is 19.0. The second-order valence-corrected chi connectivity index (χ2v) is 6.54. The van der Waals surface area contributed by atoms with E-state index in [-0.39, 0.29) is 11.8 Å². The summed E-state index contributed by atoms with van der Waals surface area (Å²) in [6.45, 7) is 6.78. The minimum Gasteiger partial charge on any atom is -0.368 e. The molecular formula is C19H28N4O2. The van der Waals surface area contributed by atoms with E-state index in [4.69, 9.17) is 5.73 Å². The van der Waals surface area contributed by atoms with Crippen molar-refractivity contribution in [1.82, 2.24) is 15.1 Å². The number of carbonyl (C=O) groups excluding carboxylic acids is 2. The third kappa shape index (κ3) is 4.38. The highest BCUT2D eigenvalue weighted by Gasteiger charge is 2.26. The Labute approximate surface area is 148 Å². The molecule has 0 aliphatic rings. The predicted octanol–water partition coefficient (Wildman–Crippen LogP) is 2.86. The molecule has 0 aliphatic heterocycles. The summed E-state index contributed by atoms with van der Waals surface area (Å²) in [5.74, 6) is -0.900. The van der Waals surface area contributed by atoms with Crippen molar-refractivity contribution in [2.24, 2.45) is 11.7 Å². The molecule has 0 aliphatic carbocycles. The Hall–Kier alpha value is -2.37. The number of rotatable bonds is 9. The molecular weight excluding hydrogens is 316 g/mol.